The number of fused-ring (bicyclic) bond motifs is 2. The van der Waals surface area contributed by atoms with Gasteiger partial charge in [-0.15, -0.1) is 0 Å². The fraction of sp³-hybridized carbons (Fsp3) is 0.442. The average molecular weight is 777 g/mol. The van der Waals surface area contributed by atoms with Crippen molar-refractivity contribution in [2.24, 2.45) is 11.8 Å². The van der Waals surface area contributed by atoms with Crippen LogP contribution in [0.25, 0.3) is 44.2 Å². The van der Waals surface area contributed by atoms with E-state index in [1.54, 1.807) is 0 Å². The Balaban J connectivity index is 1.07. The Morgan fingerprint density at radius 1 is 0.754 bits per heavy atom. The van der Waals surface area contributed by atoms with Crippen molar-refractivity contribution in [1.29, 1.82) is 0 Å². The van der Waals surface area contributed by atoms with Crippen LogP contribution in [0.3, 0.4) is 0 Å². The van der Waals surface area contributed by atoms with Crippen LogP contribution in [0.1, 0.15) is 83.5 Å². The molecule has 4 N–H and O–H groups in total. The maximum absolute atomic E-state index is 13.7. The smallest absolute Gasteiger partial charge is 0.407 e. The largest absolute Gasteiger partial charge is 0.453 e. The highest BCUT2D eigenvalue weighted by atomic mass is 16.5. The fourth-order valence-corrected chi connectivity index (χ4v) is 8.17. The van der Waals surface area contributed by atoms with Gasteiger partial charge in [-0.1, -0.05) is 64.4 Å². The molecule has 2 saturated heterocycles. The number of carbonyl (C=O) groups is 4. The van der Waals surface area contributed by atoms with Crippen LogP contribution in [0.2, 0.25) is 0 Å². The van der Waals surface area contributed by atoms with Crippen LogP contribution in [0.5, 0.6) is 0 Å². The molecule has 7 rings (SSSR count). The van der Waals surface area contributed by atoms with Crippen LogP contribution in [0.4, 0.5) is 9.59 Å². The maximum atomic E-state index is 13.7. The predicted octanol–water partition coefficient (Wildman–Crippen LogP) is 7.25. The Kier molecular flexibility index (Phi) is 11.5. The zero-order valence-corrected chi connectivity index (χ0v) is 33.4. The van der Waals surface area contributed by atoms with E-state index in [9.17, 15) is 19.2 Å². The molecule has 5 aromatic rings. The van der Waals surface area contributed by atoms with Gasteiger partial charge in [-0.05, 0) is 83.7 Å². The first-order valence-corrected chi connectivity index (χ1v) is 19.9. The molecule has 0 saturated carbocycles. The van der Waals surface area contributed by atoms with Gasteiger partial charge in [-0.3, -0.25) is 9.59 Å². The van der Waals surface area contributed by atoms with E-state index < -0.39 is 24.3 Å². The molecule has 0 unspecified atom stereocenters. The van der Waals surface area contributed by atoms with E-state index in [-0.39, 0.29) is 35.7 Å². The summed E-state index contributed by atoms with van der Waals surface area (Å²) in [6, 6.07) is 17.1. The minimum atomic E-state index is -0.693. The molecule has 2 fully saturated rings. The third-order valence-electron chi connectivity index (χ3n) is 11.6. The number of aromatic nitrogens is 4. The number of carbonyl (C=O) groups excluding carboxylic acids is 4. The van der Waals surface area contributed by atoms with Gasteiger partial charge < -0.3 is 39.9 Å². The first kappa shape index (κ1) is 39.3. The molecule has 4 heterocycles. The second-order valence-electron chi connectivity index (χ2n) is 15.5. The summed E-state index contributed by atoms with van der Waals surface area (Å²) in [6.07, 6.45) is 4.57. The molecule has 0 bridgehead atoms. The number of ether oxygens (including phenoxy) is 2. The molecule has 0 spiro atoms. The second kappa shape index (κ2) is 16.7. The molecular weight excluding hydrogens is 725 g/mol. The van der Waals surface area contributed by atoms with Gasteiger partial charge in [0.1, 0.15) is 23.7 Å². The van der Waals surface area contributed by atoms with Crippen LogP contribution in [-0.4, -0.2) is 93.1 Å². The minimum Gasteiger partial charge on any atom is -0.453 e. The monoisotopic (exact) mass is 776 g/mol. The van der Waals surface area contributed by atoms with Crippen molar-refractivity contribution in [2.75, 3.05) is 27.3 Å². The lowest BCUT2D eigenvalue weighted by Crippen LogP contribution is -2.51. The van der Waals surface area contributed by atoms with Crippen LogP contribution in [0.15, 0.2) is 60.8 Å². The summed E-state index contributed by atoms with van der Waals surface area (Å²) in [5, 5.41) is 7.62. The number of nitrogens with zero attached hydrogens (tertiary/aromatic N) is 4. The number of imidazole rings is 2. The molecule has 2 aliphatic heterocycles. The normalized spacial score (nSPS) is 18.5. The van der Waals surface area contributed by atoms with Gasteiger partial charge in [-0.25, -0.2) is 19.6 Å². The number of benzene rings is 3. The van der Waals surface area contributed by atoms with E-state index in [0.717, 1.165) is 87.9 Å². The summed E-state index contributed by atoms with van der Waals surface area (Å²) in [5.41, 5.74) is 5.66. The van der Waals surface area contributed by atoms with Gasteiger partial charge >= 0.3 is 12.2 Å². The number of amides is 4. The number of nitrogens with one attached hydrogen (secondary N) is 4. The van der Waals surface area contributed by atoms with E-state index in [4.69, 9.17) is 19.4 Å². The van der Waals surface area contributed by atoms with E-state index >= 15 is 0 Å². The SMILES string of the molecule is CC[C@H](C)[C@H](NC(=O)OC)C(=O)N1CCC[C@H]1c1ncc(-c2ccc3cc(-c4ccc5nc([C@@H]6CCCN6C(=O)[C@@H](NC(=O)OC)C(C)C)[nH]c5c4)ccc3c2)[nH]1. The number of hydrogen-bond acceptors (Lipinski definition) is 8. The van der Waals surface area contributed by atoms with Gasteiger partial charge in [-0.2, -0.15) is 0 Å². The van der Waals surface area contributed by atoms with Crippen LogP contribution < -0.4 is 10.6 Å². The fourth-order valence-electron chi connectivity index (χ4n) is 8.17. The van der Waals surface area contributed by atoms with Gasteiger partial charge in [0, 0.05) is 18.7 Å². The predicted molar refractivity (Wildman–Crippen MR) is 217 cm³/mol. The average Bonchev–Trinajstić information content (AvgIpc) is 4.06. The highest BCUT2D eigenvalue weighted by Crippen LogP contribution is 2.36. The molecule has 0 radical (unpaired) electrons. The number of hydrogen-bond donors (Lipinski definition) is 4. The Morgan fingerprint density at radius 3 is 1.95 bits per heavy atom. The number of rotatable bonds is 11. The van der Waals surface area contributed by atoms with E-state index in [1.165, 1.54) is 14.2 Å². The zero-order chi connectivity index (χ0) is 40.4. The highest BCUT2D eigenvalue weighted by Gasteiger charge is 2.39. The van der Waals surface area contributed by atoms with Gasteiger partial charge in [0.25, 0.3) is 0 Å². The van der Waals surface area contributed by atoms with Crippen molar-refractivity contribution in [3.8, 4) is 22.4 Å². The summed E-state index contributed by atoms with van der Waals surface area (Å²) in [4.78, 5) is 71.7. The Bertz CT molecular complexity index is 2280. The number of alkyl carbamates (subject to hydrolysis) is 2. The molecule has 5 atom stereocenters. The Morgan fingerprint density at radius 2 is 1.32 bits per heavy atom. The number of methoxy groups -OCH3 is 2. The third-order valence-corrected chi connectivity index (χ3v) is 11.6. The van der Waals surface area contributed by atoms with Crippen LogP contribution in [-0.2, 0) is 19.1 Å². The molecule has 0 aliphatic carbocycles. The summed E-state index contributed by atoms with van der Waals surface area (Å²) in [6.45, 7) is 8.96. The van der Waals surface area contributed by atoms with Crippen molar-refractivity contribution in [3.63, 3.8) is 0 Å². The molecule has 2 aliphatic rings. The Labute approximate surface area is 332 Å². The summed E-state index contributed by atoms with van der Waals surface area (Å²) in [7, 11) is 2.59. The summed E-state index contributed by atoms with van der Waals surface area (Å²) in [5.74, 6) is 1.04. The van der Waals surface area contributed by atoms with Crippen molar-refractivity contribution < 1.29 is 28.7 Å². The van der Waals surface area contributed by atoms with Gasteiger partial charge in [0.05, 0.1) is 49.2 Å². The second-order valence-corrected chi connectivity index (χ2v) is 15.5. The maximum Gasteiger partial charge on any atom is 0.407 e. The standard InChI is InChI=1S/C43H52N8O6/c1-7-25(4)37(49-43(55)57-6)41(53)50-18-8-10-34(50)38-44-23-33(47-38)30-15-14-26-20-27(12-13-28(26)21-30)29-16-17-31-32(22-29)46-39(45-31)35-11-9-19-51(35)40(52)36(24(2)3)48-42(54)56-5/h12-17,20-25,34-37H,7-11,18-19H2,1-6H3,(H,44,47)(H,45,46)(H,48,54)(H,49,55)/t25-,34-,35-,36-,37-/m0/s1. The molecule has 300 valence electrons. The van der Waals surface area contributed by atoms with E-state index in [1.807, 2.05) is 49.8 Å². The molecule has 14 nitrogen and oxygen atoms in total. The topological polar surface area (TPSA) is 175 Å². The van der Waals surface area contributed by atoms with E-state index in [2.05, 4.69) is 69.1 Å². The van der Waals surface area contributed by atoms with Crippen molar-refractivity contribution >= 4 is 45.8 Å². The first-order valence-electron chi connectivity index (χ1n) is 19.9. The lowest BCUT2D eigenvalue weighted by atomic mass is 9.97. The molecule has 14 heteroatoms. The minimum absolute atomic E-state index is 0.0566. The van der Waals surface area contributed by atoms with E-state index in [0.29, 0.717) is 13.1 Å². The van der Waals surface area contributed by atoms with Crippen LogP contribution in [0, 0.1) is 11.8 Å². The molecule has 2 aromatic heterocycles. The summed E-state index contributed by atoms with van der Waals surface area (Å²) < 4.78 is 9.58. The summed E-state index contributed by atoms with van der Waals surface area (Å²) >= 11 is 0. The lowest BCUT2D eigenvalue weighted by molar-refractivity contribution is -0.136. The quantitative estimate of drug-likeness (QED) is 0.109. The van der Waals surface area contributed by atoms with Gasteiger partial charge in [0.2, 0.25) is 11.8 Å². The molecule has 3 aromatic carbocycles. The Hall–Kier alpha value is -5.92. The van der Waals surface area contributed by atoms with Gasteiger partial charge in [0.15, 0.2) is 0 Å². The van der Waals surface area contributed by atoms with Crippen LogP contribution >= 0.6 is 0 Å². The molecule has 57 heavy (non-hydrogen) atoms. The number of likely N-dealkylation sites (tertiary alicyclic amines) is 2. The first-order chi connectivity index (χ1) is 27.5. The molecular formula is C43H52N8O6. The molecule has 4 amide bonds. The number of aromatic amines is 2. The number of H-pyrrole nitrogens is 2. The van der Waals surface area contributed by atoms with Crippen molar-refractivity contribution in [3.05, 3.63) is 72.4 Å². The van der Waals surface area contributed by atoms with Crippen molar-refractivity contribution in [2.45, 2.75) is 84.0 Å². The highest BCUT2D eigenvalue weighted by molar-refractivity contribution is 5.92. The van der Waals surface area contributed by atoms with Crippen molar-refractivity contribution in [1.82, 2.24) is 40.4 Å². The lowest BCUT2D eigenvalue weighted by Gasteiger charge is -2.30. The third kappa shape index (κ3) is 8.03. The zero-order valence-electron chi connectivity index (χ0n) is 33.4.